The number of rotatable bonds is 4. The van der Waals surface area contributed by atoms with Crippen molar-refractivity contribution in [3.05, 3.63) is 78.4 Å². The van der Waals surface area contributed by atoms with Crippen molar-refractivity contribution < 1.29 is 17.4 Å². The quantitative estimate of drug-likeness (QED) is 0.462. The molecule has 29 heavy (non-hydrogen) atoms. The summed E-state index contributed by atoms with van der Waals surface area (Å²) < 4.78 is 32.0. The van der Waals surface area contributed by atoms with Crippen LogP contribution in [0.15, 0.2) is 77.7 Å². The second-order valence-corrected chi connectivity index (χ2v) is 8.39. The van der Waals surface area contributed by atoms with Crippen LogP contribution in [0.25, 0.3) is 21.5 Å². The van der Waals surface area contributed by atoms with Gasteiger partial charge in [0.25, 0.3) is 5.91 Å². The first-order valence-corrected chi connectivity index (χ1v) is 10.7. The average molecular weight is 403 g/mol. The van der Waals surface area contributed by atoms with E-state index in [0.717, 1.165) is 16.5 Å². The zero-order chi connectivity index (χ0) is 20.2. The molecule has 0 fully saturated rings. The maximum Gasteiger partial charge on any atom is 0.339 e. The number of benzene rings is 4. The first-order valence-electron chi connectivity index (χ1n) is 9.31. The summed E-state index contributed by atoms with van der Waals surface area (Å²) in [5.41, 5.74) is 1.24. The molecule has 4 aromatic rings. The molecular formula is C23H17NO4S. The number of anilines is 1. The first-order chi connectivity index (χ1) is 14.0. The van der Waals surface area contributed by atoms with E-state index in [4.69, 9.17) is 4.18 Å². The predicted octanol–water partition coefficient (Wildman–Crippen LogP) is 4.74. The molecule has 1 aliphatic rings. The van der Waals surface area contributed by atoms with Crippen LogP contribution in [0.4, 0.5) is 5.69 Å². The van der Waals surface area contributed by atoms with Gasteiger partial charge in [0.15, 0.2) is 5.75 Å². The summed E-state index contributed by atoms with van der Waals surface area (Å²) in [7, 11) is -4.11. The molecule has 1 heterocycles. The van der Waals surface area contributed by atoms with E-state index in [2.05, 4.69) is 0 Å². The monoisotopic (exact) mass is 403 g/mol. The summed E-state index contributed by atoms with van der Waals surface area (Å²) >= 11 is 0. The molecule has 5 rings (SSSR count). The van der Waals surface area contributed by atoms with E-state index in [1.165, 1.54) is 6.07 Å². The van der Waals surface area contributed by atoms with Crippen molar-refractivity contribution in [1.29, 1.82) is 0 Å². The van der Waals surface area contributed by atoms with Crippen LogP contribution in [-0.2, 0) is 10.1 Å². The molecule has 6 heteroatoms. The molecule has 0 saturated heterocycles. The molecule has 5 nitrogen and oxygen atoms in total. The van der Waals surface area contributed by atoms with E-state index in [9.17, 15) is 13.2 Å². The van der Waals surface area contributed by atoms with Crippen molar-refractivity contribution in [2.24, 2.45) is 0 Å². The minimum atomic E-state index is -4.11. The number of hydrogen-bond donors (Lipinski definition) is 0. The maximum absolute atomic E-state index is 13.2. The fourth-order valence-electron chi connectivity index (χ4n) is 3.98. The highest BCUT2D eigenvalue weighted by molar-refractivity contribution is 7.87. The molecular weight excluding hydrogens is 386 g/mol. The van der Waals surface area contributed by atoms with Gasteiger partial charge < -0.3 is 9.08 Å². The lowest BCUT2D eigenvalue weighted by Gasteiger charge is -2.15. The Balaban J connectivity index is 1.68. The summed E-state index contributed by atoms with van der Waals surface area (Å²) in [6.45, 7) is 2.41. The third-order valence-electron chi connectivity index (χ3n) is 5.28. The molecule has 0 atom stereocenters. The highest BCUT2D eigenvalue weighted by Crippen LogP contribution is 2.40. The van der Waals surface area contributed by atoms with Crippen molar-refractivity contribution >= 4 is 43.3 Å². The van der Waals surface area contributed by atoms with Crippen LogP contribution >= 0.6 is 0 Å². The molecule has 4 aromatic carbocycles. The lowest BCUT2D eigenvalue weighted by atomic mass is 10.1. The van der Waals surface area contributed by atoms with Gasteiger partial charge in [0.1, 0.15) is 4.90 Å². The highest BCUT2D eigenvalue weighted by atomic mass is 32.2. The predicted molar refractivity (Wildman–Crippen MR) is 113 cm³/mol. The topological polar surface area (TPSA) is 63.7 Å². The van der Waals surface area contributed by atoms with Crippen LogP contribution in [0.3, 0.4) is 0 Å². The standard InChI is InChI=1S/C23H17NO4S/c1-2-24-19-13-14-21(17-10-6-11-18(22(17)19)23(24)25)29(26,27)28-20-12-5-8-15-7-3-4-9-16(15)20/h3-14H,2H2,1H3. The van der Waals surface area contributed by atoms with Crippen LogP contribution in [0.2, 0.25) is 0 Å². The highest BCUT2D eigenvalue weighted by Gasteiger charge is 2.32. The number of hydrogen-bond acceptors (Lipinski definition) is 4. The van der Waals surface area contributed by atoms with Crippen molar-refractivity contribution in [3.8, 4) is 5.75 Å². The number of amides is 1. The van der Waals surface area contributed by atoms with Crippen LogP contribution in [-0.4, -0.2) is 20.9 Å². The van der Waals surface area contributed by atoms with E-state index >= 15 is 0 Å². The Hall–Kier alpha value is -3.38. The van der Waals surface area contributed by atoms with Crippen molar-refractivity contribution in [2.75, 3.05) is 11.4 Å². The fraction of sp³-hybridized carbons (Fsp3) is 0.0870. The van der Waals surface area contributed by atoms with Gasteiger partial charge in [-0.05, 0) is 36.6 Å². The van der Waals surface area contributed by atoms with Crippen molar-refractivity contribution in [1.82, 2.24) is 0 Å². The second kappa shape index (κ2) is 6.32. The van der Waals surface area contributed by atoms with Gasteiger partial charge in [0.2, 0.25) is 0 Å². The van der Waals surface area contributed by atoms with Gasteiger partial charge in [0.05, 0.1) is 5.69 Å². The Morgan fingerprint density at radius 1 is 0.862 bits per heavy atom. The Bertz CT molecular complexity index is 1400. The van der Waals surface area contributed by atoms with Crippen LogP contribution < -0.4 is 9.08 Å². The number of carbonyl (C=O) groups is 1. The van der Waals surface area contributed by atoms with E-state index < -0.39 is 10.1 Å². The normalized spacial score (nSPS) is 13.4. The van der Waals surface area contributed by atoms with Gasteiger partial charge in [-0.25, -0.2) is 0 Å². The summed E-state index contributed by atoms with van der Waals surface area (Å²) in [6.07, 6.45) is 0. The molecule has 0 radical (unpaired) electrons. The SMILES string of the molecule is CCN1C(=O)c2cccc3c(S(=O)(=O)Oc4cccc5ccccc45)ccc1c23. The van der Waals surface area contributed by atoms with Crippen LogP contribution in [0.5, 0.6) is 5.75 Å². The summed E-state index contributed by atoms with van der Waals surface area (Å²) in [5.74, 6) is 0.162. The average Bonchev–Trinajstić information content (AvgIpc) is 3.01. The van der Waals surface area contributed by atoms with E-state index in [0.29, 0.717) is 22.9 Å². The van der Waals surface area contributed by atoms with Gasteiger partial charge in [-0.15, -0.1) is 0 Å². The number of nitrogens with zero attached hydrogens (tertiary/aromatic N) is 1. The Morgan fingerprint density at radius 2 is 1.59 bits per heavy atom. The first kappa shape index (κ1) is 17.7. The fourth-order valence-corrected chi connectivity index (χ4v) is 5.13. The molecule has 1 aliphatic heterocycles. The molecule has 0 bridgehead atoms. The van der Waals surface area contributed by atoms with E-state index in [1.807, 2.05) is 37.3 Å². The molecule has 0 saturated carbocycles. The van der Waals surface area contributed by atoms with Crippen molar-refractivity contribution in [3.63, 3.8) is 0 Å². The zero-order valence-corrected chi connectivity index (χ0v) is 16.4. The second-order valence-electron chi connectivity index (χ2n) is 6.88. The lowest BCUT2D eigenvalue weighted by molar-refractivity contribution is 0.0994. The summed E-state index contributed by atoms with van der Waals surface area (Å²) in [6, 6.07) is 21.1. The Morgan fingerprint density at radius 3 is 2.41 bits per heavy atom. The van der Waals surface area contributed by atoms with Crippen molar-refractivity contribution in [2.45, 2.75) is 11.8 Å². The minimum absolute atomic E-state index is 0.0526. The molecule has 0 spiro atoms. The van der Waals surface area contributed by atoms with E-state index in [1.54, 1.807) is 41.3 Å². The van der Waals surface area contributed by atoms with E-state index in [-0.39, 0.29) is 16.6 Å². The van der Waals surface area contributed by atoms with Crippen LogP contribution in [0, 0.1) is 0 Å². The Labute approximate surface area is 168 Å². The number of fused-ring (bicyclic) bond motifs is 1. The molecule has 144 valence electrons. The van der Waals surface area contributed by atoms with Gasteiger partial charge in [-0.1, -0.05) is 48.5 Å². The Kier molecular flexibility index (Phi) is 3.86. The molecule has 1 amide bonds. The van der Waals surface area contributed by atoms with Gasteiger partial charge >= 0.3 is 10.1 Å². The van der Waals surface area contributed by atoms with Gasteiger partial charge in [-0.3, -0.25) is 4.79 Å². The van der Waals surface area contributed by atoms with Gasteiger partial charge in [-0.2, -0.15) is 8.42 Å². The molecule has 0 N–H and O–H groups in total. The third kappa shape index (κ3) is 2.60. The largest absolute Gasteiger partial charge is 0.378 e. The molecule has 0 aromatic heterocycles. The molecule has 0 aliphatic carbocycles. The zero-order valence-electron chi connectivity index (χ0n) is 15.6. The third-order valence-corrected chi connectivity index (χ3v) is 6.57. The minimum Gasteiger partial charge on any atom is -0.378 e. The summed E-state index contributed by atoms with van der Waals surface area (Å²) in [5, 5.41) is 2.76. The smallest absolute Gasteiger partial charge is 0.339 e. The molecule has 0 unspecified atom stereocenters. The number of carbonyl (C=O) groups excluding carboxylic acids is 1. The van der Waals surface area contributed by atoms with Gasteiger partial charge in [0, 0.05) is 28.3 Å². The maximum atomic E-state index is 13.2. The van der Waals surface area contributed by atoms with Crippen LogP contribution in [0.1, 0.15) is 17.3 Å². The summed E-state index contributed by atoms with van der Waals surface area (Å²) in [4.78, 5) is 14.4. The lowest BCUT2D eigenvalue weighted by Crippen LogP contribution is -2.25.